The number of hydrogen-bond donors (Lipinski definition) is 3. The van der Waals surface area contributed by atoms with E-state index < -0.39 is 19.0 Å². The number of halogens is 2. The van der Waals surface area contributed by atoms with Gasteiger partial charge in [-0.25, -0.2) is 0 Å². The average Bonchev–Trinajstić information content (AvgIpc) is 2.30. The zero-order chi connectivity index (χ0) is 14.6. The Labute approximate surface area is 122 Å². The van der Waals surface area contributed by atoms with Gasteiger partial charge in [0, 0.05) is 5.02 Å². The normalized spacial score (nSPS) is 12.4. The molecule has 3 N–H and O–H groups in total. The van der Waals surface area contributed by atoms with Crippen molar-refractivity contribution in [2.75, 3.05) is 0 Å². The number of rotatable bonds is 5. The quantitative estimate of drug-likeness (QED) is 0.730. The lowest BCUT2D eigenvalue weighted by Crippen LogP contribution is -2.47. The molecule has 0 saturated carbocycles. The van der Waals surface area contributed by atoms with Gasteiger partial charge < -0.3 is 15.4 Å². The molecule has 0 radical (unpaired) electrons. The van der Waals surface area contributed by atoms with E-state index in [4.69, 9.17) is 23.2 Å². The van der Waals surface area contributed by atoms with E-state index in [9.17, 15) is 14.8 Å². The van der Waals surface area contributed by atoms with Gasteiger partial charge in [0.15, 0.2) is 0 Å². The molecule has 0 unspecified atom stereocenters. The molecule has 1 aromatic rings. The van der Waals surface area contributed by atoms with Gasteiger partial charge in [0.2, 0.25) is 0 Å². The minimum Gasteiger partial charge on any atom is -0.426 e. The second-order valence-corrected chi connectivity index (χ2v) is 5.59. The molecule has 0 aliphatic rings. The topological polar surface area (TPSA) is 69.6 Å². The van der Waals surface area contributed by atoms with E-state index in [1.807, 2.05) is 13.8 Å². The molecule has 0 saturated heterocycles. The van der Waals surface area contributed by atoms with E-state index in [1.54, 1.807) is 6.07 Å². The Morgan fingerprint density at radius 1 is 1.37 bits per heavy atom. The fourth-order valence-corrected chi connectivity index (χ4v) is 2.06. The molecule has 104 valence electrons. The molecule has 1 aromatic carbocycles. The van der Waals surface area contributed by atoms with Gasteiger partial charge in [-0.15, -0.1) is 0 Å². The van der Waals surface area contributed by atoms with Crippen LogP contribution in [0.25, 0.3) is 0 Å². The molecular formula is C12H16BCl2NO3. The molecule has 1 rings (SSSR count). The monoisotopic (exact) mass is 303 g/mol. The minimum atomic E-state index is -1.62. The third kappa shape index (κ3) is 5.03. The van der Waals surface area contributed by atoms with Crippen LogP contribution in [0.5, 0.6) is 0 Å². The first-order valence-corrected chi connectivity index (χ1v) is 6.69. The first-order valence-electron chi connectivity index (χ1n) is 5.93. The second-order valence-electron chi connectivity index (χ2n) is 4.75. The fraction of sp³-hybridized carbons (Fsp3) is 0.417. The number of nitrogens with one attached hydrogen (secondary N) is 1. The van der Waals surface area contributed by atoms with E-state index in [-0.39, 0.29) is 16.5 Å². The zero-order valence-corrected chi connectivity index (χ0v) is 12.2. The third-order valence-corrected chi connectivity index (χ3v) is 3.14. The fourth-order valence-electron chi connectivity index (χ4n) is 1.68. The van der Waals surface area contributed by atoms with Crippen molar-refractivity contribution < 1.29 is 14.8 Å². The number of carbonyl (C=O) groups is 1. The summed E-state index contributed by atoms with van der Waals surface area (Å²) in [6.45, 7) is 3.85. The summed E-state index contributed by atoms with van der Waals surface area (Å²) in [5.41, 5.74) is 0.212. The van der Waals surface area contributed by atoms with Gasteiger partial charge >= 0.3 is 7.12 Å². The highest BCUT2D eigenvalue weighted by atomic mass is 35.5. The summed E-state index contributed by atoms with van der Waals surface area (Å²) in [4.78, 5) is 12.0. The molecule has 0 aromatic heterocycles. The molecular weight excluding hydrogens is 288 g/mol. The van der Waals surface area contributed by atoms with Gasteiger partial charge in [-0.1, -0.05) is 37.0 Å². The van der Waals surface area contributed by atoms with Crippen molar-refractivity contribution in [1.82, 2.24) is 5.32 Å². The first kappa shape index (κ1) is 16.3. The molecule has 7 heteroatoms. The van der Waals surface area contributed by atoms with Crippen LogP contribution in [-0.4, -0.2) is 29.0 Å². The maximum Gasteiger partial charge on any atom is 0.475 e. The Balaban J connectivity index is 2.84. The lowest BCUT2D eigenvalue weighted by molar-refractivity contribution is 0.0938. The van der Waals surface area contributed by atoms with Crippen LogP contribution < -0.4 is 5.32 Å². The minimum absolute atomic E-state index is 0.210. The molecule has 0 fully saturated rings. The second kappa shape index (κ2) is 7.15. The summed E-state index contributed by atoms with van der Waals surface area (Å²) in [6.07, 6.45) is 0.446. The van der Waals surface area contributed by atoms with E-state index in [2.05, 4.69) is 5.32 Å². The standard InChI is InChI=1S/C12H16BCl2NO3/c1-7(2)5-11(13(18)19)16-12(17)9-6-8(14)3-4-10(9)15/h3-4,6-7,11,18-19H,5H2,1-2H3,(H,16,17)/t11-/m0/s1. The largest absolute Gasteiger partial charge is 0.475 e. The summed E-state index contributed by atoms with van der Waals surface area (Å²) in [5.74, 6) is -1.02. The van der Waals surface area contributed by atoms with Gasteiger partial charge in [-0.05, 0) is 30.5 Å². The number of carbonyl (C=O) groups excluding carboxylic acids is 1. The lowest BCUT2D eigenvalue weighted by atomic mass is 9.75. The predicted octanol–water partition coefficient (Wildman–Crippen LogP) is 2.15. The van der Waals surface area contributed by atoms with E-state index >= 15 is 0 Å². The Hall–Kier alpha value is -0.745. The molecule has 1 atom stereocenters. The van der Waals surface area contributed by atoms with Crippen LogP contribution in [-0.2, 0) is 0 Å². The molecule has 0 spiro atoms. The van der Waals surface area contributed by atoms with Crippen molar-refractivity contribution in [1.29, 1.82) is 0 Å². The molecule has 0 bridgehead atoms. The van der Waals surface area contributed by atoms with E-state index in [0.717, 1.165) is 0 Å². The smallest absolute Gasteiger partial charge is 0.426 e. The third-order valence-electron chi connectivity index (χ3n) is 2.57. The van der Waals surface area contributed by atoms with Crippen LogP contribution >= 0.6 is 23.2 Å². The maximum atomic E-state index is 12.0. The van der Waals surface area contributed by atoms with Crippen LogP contribution in [0, 0.1) is 5.92 Å². The van der Waals surface area contributed by atoms with Gasteiger partial charge in [0.25, 0.3) is 5.91 Å². The van der Waals surface area contributed by atoms with Crippen molar-refractivity contribution in [2.24, 2.45) is 5.92 Å². The predicted molar refractivity (Wildman–Crippen MR) is 77.4 cm³/mol. The van der Waals surface area contributed by atoms with Crippen LogP contribution in [0.4, 0.5) is 0 Å². The highest BCUT2D eigenvalue weighted by Crippen LogP contribution is 2.21. The molecule has 4 nitrogen and oxygen atoms in total. The van der Waals surface area contributed by atoms with Crippen molar-refractivity contribution in [3.05, 3.63) is 33.8 Å². The van der Waals surface area contributed by atoms with Crippen molar-refractivity contribution in [3.8, 4) is 0 Å². The van der Waals surface area contributed by atoms with Gasteiger partial charge in [0.1, 0.15) is 0 Å². The highest BCUT2D eigenvalue weighted by molar-refractivity contribution is 6.44. The van der Waals surface area contributed by atoms with Gasteiger partial charge in [-0.3, -0.25) is 4.79 Å². The van der Waals surface area contributed by atoms with Crippen molar-refractivity contribution in [3.63, 3.8) is 0 Å². The van der Waals surface area contributed by atoms with Gasteiger partial charge in [-0.2, -0.15) is 0 Å². The zero-order valence-electron chi connectivity index (χ0n) is 10.7. The van der Waals surface area contributed by atoms with Gasteiger partial charge in [0.05, 0.1) is 16.5 Å². The number of benzene rings is 1. The van der Waals surface area contributed by atoms with Crippen LogP contribution in [0.15, 0.2) is 18.2 Å². The summed E-state index contributed by atoms with van der Waals surface area (Å²) in [5, 5.41) is 21.7. The molecule has 0 aliphatic carbocycles. The average molecular weight is 304 g/mol. The molecule has 19 heavy (non-hydrogen) atoms. The summed E-state index contributed by atoms with van der Waals surface area (Å²) in [7, 11) is -1.62. The molecule has 1 amide bonds. The molecule has 0 aliphatic heterocycles. The molecule has 0 heterocycles. The Morgan fingerprint density at radius 2 is 2.00 bits per heavy atom. The van der Waals surface area contributed by atoms with Crippen molar-refractivity contribution in [2.45, 2.75) is 26.2 Å². The van der Waals surface area contributed by atoms with E-state index in [1.165, 1.54) is 12.1 Å². The van der Waals surface area contributed by atoms with Crippen LogP contribution in [0.3, 0.4) is 0 Å². The highest BCUT2D eigenvalue weighted by Gasteiger charge is 2.27. The summed E-state index contributed by atoms with van der Waals surface area (Å²) < 4.78 is 0. The van der Waals surface area contributed by atoms with E-state index in [0.29, 0.717) is 11.4 Å². The Morgan fingerprint density at radius 3 is 2.53 bits per heavy atom. The van der Waals surface area contributed by atoms with Crippen molar-refractivity contribution >= 4 is 36.2 Å². The first-order chi connectivity index (χ1) is 8.81. The van der Waals surface area contributed by atoms with Crippen LogP contribution in [0.2, 0.25) is 10.0 Å². The van der Waals surface area contributed by atoms with Crippen LogP contribution in [0.1, 0.15) is 30.6 Å². The maximum absolute atomic E-state index is 12.0. The number of amides is 1. The SMILES string of the molecule is CC(C)C[C@H](NC(=O)c1cc(Cl)ccc1Cl)B(O)O. The Bertz CT molecular complexity index is 455. The Kier molecular flexibility index (Phi) is 6.14. The summed E-state index contributed by atoms with van der Waals surface area (Å²) in [6, 6.07) is 4.54. The summed E-state index contributed by atoms with van der Waals surface area (Å²) >= 11 is 11.7. The number of hydrogen-bond acceptors (Lipinski definition) is 3. The lowest BCUT2D eigenvalue weighted by Gasteiger charge is -2.20.